The molecule has 0 unspecified atom stereocenters. The van der Waals surface area contributed by atoms with Gasteiger partial charge in [-0.15, -0.1) is 0 Å². The molecule has 0 aliphatic rings. The summed E-state index contributed by atoms with van der Waals surface area (Å²) in [6.45, 7) is 3.60. The fourth-order valence-corrected chi connectivity index (χ4v) is 6.65. The van der Waals surface area contributed by atoms with Crippen LogP contribution in [0.25, 0.3) is 0 Å². The molecule has 4 rings (SSSR count). The summed E-state index contributed by atoms with van der Waals surface area (Å²) < 4.78 is 46.3. The van der Waals surface area contributed by atoms with E-state index in [0.717, 1.165) is 15.4 Å². The second-order valence-corrected chi connectivity index (χ2v) is 13.1. The number of anilines is 1. The quantitative estimate of drug-likeness (QED) is 0.170. The van der Waals surface area contributed by atoms with Gasteiger partial charge in [-0.2, -0.15) is 0 Å². The first kappa shape index (κ1) is 35.8. The first-order valence-electron chi connectivity index (χ1n) is 15.7. The van der Waals surface area contributed by atoms with Crippen LogP contribution in [0.1, 0.15) is 30.0 Å². The smallest absolute Gasteiger partial charge is 0.264 e. The van der Waals surface area contributed by atoms with Crippen LogP contribution in [-0.4, -0.2) is 65.6 Å². The molecular weight excluding hydrogens is 630 g/mol. The van der Waals surface area contributed by atoms with Crippen LogP contribution in [0, 0.1) is 6.92 Å². The standard InChI is InChI=1S/C37H43N3O7S/c1-6-21-38-37(42)34(23-28-11-8-7-9-12-28)39(25-29-13-10-14-30(22-29)45-3)36(41)26-40(33-24-31(46-4)17-20-35(33)47-5)48(43,44)32-18-15-27(2)16-19-32/h7-20,22,24,34H,6,21,23,25-26H2,1-5H3,(H,38,42)/t34-/m0/s1. The fourth-order valence-electron chi connectivity index (χ4n) is 5.23. The Morgan fingerprint density at radius 2 is 1.46 bits per heavy atom. The van der Waals surface area contributed by atoms with Crippen molar-refractivity contribution < 1.29 is 32.2 Å². The van der Waals surface area contributed by atoms with Crippen molar-refractivity contribution in [2.24, 2.45) is 0 Å². The van der Waals surface area contributed by atoms with E-state index >= 15 is 0 Å². The zero-order chi connectivity index (χ0) is 34.7. The van der Waals surface area contributed by atoms with Crippen LogP contribution in [0.2, 0.25) is 0 Å². The lowest BCUT2D eigenvalue weighted by Gasteiger charge is -2.34. The number of aryl methyl sites for hydroxylation is 1. The molecule has 4 aromatic carbocycles. The number of nitrogens with zero attached hydrogens (tertiary/aromatic N) is 2. The van der Waals surface area contributed by atoms with Crippen LogP contribution in [0.5, 0.6) is 17.2 Å². The van der Waals surface area contributed by atoms with E-state index in [9.17, 15) is 18.0 Å². The zero-order valence-corrected chi connectivity index (χ0v) is 28.8. The molecule has 0 radical (unpaired) electrons. The number of nitrogens with one attached hydrogen (secondary N) is 1. The predicted molar refractivity (Wildman–Crippen MR) is 186 cm³/mol. The van der Waals surface area contributed by atoms with Crippen molar-refractivity contribution in [1.82, 2.24) is 10.2 Å². The molecule has 0 saturated heterocycles. The molecule has 4 aromatic rings. The van der Waals surface area contributed by atoms with Crippen molar-refractivity contribution in [2.45, 2.75) is 44.2 Å². The summed E-state index contributed by atoms with van der Waals surface area (Å²) in [6.07, 6.45) is 0.908. The van der Waals surface area contributed by atoms with Gasteiger partial charge in [0.2, 0.25) is 11.8 Å². The lowest BCUT2D eigenvalue weighted by Crippen LogP contribution is -2.53. The van der Waals surface area contributed by atoms with Crippen LogP contribution in [0.3, 0.4) is 0 Å². The van der Waals surface area contributed by atoms with Crippen LogP contribution < -0.4 is 23.8 Å². The number of methoxy groups -OCH3 is 3. The van der Waals surface area contributed by atoms with Crippen molar-refractivity contribution >= 4 is 27.5 Å². The van der Waals surface area contributed by atoms with Gasteiger partial charge in [-0.1, -0.05) is 67.1 Å². The maximum Gasteiger partial charge on any atom is 0.264 e. The average molecular weight is 674 g/mol. The summed E-state index contributed by atoms with van der Waals surface area (Å²) in [7, 11) is 0.110. The Labute approximate surface area is 283 Å². The van der Waals surface area contributed by atoms with Crippen molar-refractivity contribution in [3.05, 3.63) is 114 Å². The number of hydrogen-bond donors (Lipinski definition) is 1. The summed E-state index contributed by atoms with van der Waals surface area (Å²) in [4.78, 5) is 30.0. The molecule has 1 N–H and O–H groups in total. The molecule has 48 heavy (non-hydrogen) atoms. The van der Waals surface area contributed by atoms with Crippen LogP contribution in [0.4, 0.5) is 5.69 Å². The lowest BCUT2D eigenvalue weighted by molar-refractivity contribution is -0.140. The molecule has 0 saturated carbocycles. The summed E-state index contributed by atoms with van der Waals surface area (Å²) in [5.74, 6) is 0.242. The van der Waals surface area contributed by atoms with Gasteiger partial charge in [0.1, 0.15) is 29.8 Å². The lowest BCUT2D eigenvalue weighted by atomic mass is 10.0. The Kier molecular flexibility index (Phi) is 12.5. The molecular formula is C37H43N3O7S. The predicted octanol–water partition coefficient (Wildman–Crippen LogP) is 5.38. The molecule has 0 heterocycles. The Balaban J connectivity index is 1.87. The fraction of sp³-hybridized carbons (Fsp3) is 0.297. The molecule has 1 atom stereocenters. The van der Waals surface area contributed by atoms with E-state index in [1.54, 1.807) is 49.6 Å². The van der Waals surface area contributed by atoms with Gasteiger partial charge in [0.05, 0.1) is 31.9 Å². The summed E-state index contributed by atoms with van der Waals surface area (Å²) in [6, 6.07) is 26.8. The maximum absolute atomic E-state index is 14.7. The third-order valence-electron chi connectivity index (χ3n) is 7.85. The van der Waals surface area contributed by atoms with Crippen molar-refractivity contribution in [1.29, 1.82) is 0 Å². The Hall–Kier alpha value is -5.03. The van der Waals surface area contributed by atoms with Gasteiger partial charge in [-0.25, -0.2) is 8.42 Å². The normalized spacial score (nSPS) is 11.7. The van der Waals surface area contributed by atoms with Gasteiger partial charge in [0.15, 0.2) is 0 Å². The highest BCUT2D eigenvalue weighted by molar-refractivity contribution is 7.92. The molecule has 11 heteroatoms. The molecule has 10 nitrogen and oxygen atoms in total. The first-order chi connectivity index (χ1) is 23.1. The second kappa shape index (κ2) is 16.7. The van der Waals surface area contributed by atoms with E-state index < -0.39 is 28.5 Å². The summed E-state index contributed by atoms with van der Waals surface area (Å²) in [5.41, 5.74) is 2.54. The van der Waals surface area contributed by atoms with Crippen LogP contribution in [-0.2, 0) is 32.6 Å². The number of rotatable bonds is 16. The van der Waals surface area contributed by atoms with E-state index in [1.165, 1.54) is 37.3 Å². The Morgan fingerprint density at radius 1 is 0.792 bits per heavy atom. The Morgan fingerprint density at radius 3 is 2.10 bits per heavy atom. The number of carbonyl (C=O) groups is 2. The van der Waals surface area contributed by atoms with Crippen molar-refractivity contribution in [3.8, 4) is 17.2 Å². The van der Waals surface area contributed by atoms with Gasteiger partial charge < -0.3 is 24.4 Å². The SMILES string of the molecule is CCCNC(=O)[C@H](Cc1ccccc1)N(Cc1cccc(OC)c1)C(=O)CN(c1cc(OC)ccc1OC)S(=O)(=O)c1ccc(C)cc1. The third kappa shape index (κ3) is 8.86. The van der Waals surface area contributed by atoms with Gasteiger partial charge >= 0.3 is 0 Å². The highest BCUT2D eigenvalue weighted by Gasteiger charge is 2.35. The third-order valence-corrected chi connectivity index (χ3v) is 9.62. The van der Waals surface area contributed by atoms with Gasteiger partial charge in [0, 0.05) is 25.6 Å². The molecule has 0 fully saturated rings. The summed E-state index contributed by atoms with van der Waals surface area (Å²) in [5, 5.41) is 2.95. The minimum atomic E-state index is -4.33. The molecule has 0 bridgehead atoms. The van der Waals surface area contributed by atoms with E-state index in [4.69, 9.17) is 14.2 Å². The monoisotopic (exact) mass is 673 g/mol. The van der Waals surface area contributed by atoms with Crippen molar-refractivity contribution in [2.75, 3.05) is 38.7 Å². The van der Waals surface area contributed by atoms with E-state index in [2.05, 4.69) is 5.32 Å². The molecule has 2 amide bonds. The average Bonchev–Trinajstić information content (AvgIpc) is 3.11. The number of sulfonamides is 1. The first-order valence-corrected chi connectivity index (χ1v) is 17.1. The highest BCUT2D eigenvalue weighted by Crippen LogP contribution is 2.36. The van der Waals surface area contributed by atoms with Gasteiger partial charge in [-0.05, 0) is 60.9 Å². The highest BCUT2D eigenvalue weighted by atomic mass is 32.2. The maximum atomic E-state index is 14.7. The molecule has 0 aliphatic heterocycles. The largest absolute Gasteiger partial charge is 0.497 e. The minimum Gasteiger partial charge on any atom is -0.497 e. The summed E-state index contributed by atoms with van der Waals surface area (Å²) >= 11 is 0. The van der Waals surface area contributed by atoms with Crippen molar-refractivity contribution in [3.63, 3.8) is 0 Å². The molecule has 254 valence electrons. The topological polar surface area (TPSA) is 114 Å². The van der Waals surface area contributed by atoms with E-state index in [-0.39, 0.29) is 35.2 Å². The van der Waals surface area contributed by atoms with Crippen LogP contribution >= 0.6 is 0 Å². The number of hydrogen-bond acceptors (Lipinski definition) is 7. The number of amides is 2. The Bertz CT molecular complexity index is 1780. The van der Waals surface area contributed by atoms with Gasteiger partial charge in [-0.3, -0.25) is 13.9 Å². The van der Waals surface area contributed by atoms with E-state index in [1.807, 2.05) is 50.2 Å². The number of carbonyl (C=O) groups excluding carboxylic acids is 2. The second-order valence-electron chi connectivity index (χ2n) is 11.2. The number of ether oxygens (including phenoxy) is 3. The molecule has 0 aromatic heterocycles. The zero-order valence-electron chi connectivity index (χ0n) is 28.0. The minimum absolute atomic E-state index is 0.00774. The van der Waals surface area contributed by atoms with E-state index in [0.29, 0.717) is 30.0 Å². The molecule has 0 aliphatic carbocycles. The van der Waals surface area contributed by atoms with Gasteiger partial charge in [0.25, 0.3) is 10.0 Å². The molecule has 0 spiro atoms. The van der Waals surface area contributed by atoms with Crippen LogP contribution in [0.15, 0.2) is 102 Å². The number of benzene rings is 4.